The maximum Gasteiger partial charge on any atom is 0.349 e. The van der Waals surface area contributed by atoms with Gasteiger partial charge < -0.3 is 24.2 Å². The SMILES string of the molecule is CCOC(=O)C1CN(CCCC(=O)O)c2cccc(/C=C/c3ccc(OCCCCc4ccccc4)cc3)c2O1. The first-order valence-corrected chi connectivity index (χ1v) is 13.9. The van der Waals surface area contributed by atoms with Crippen LogP contribution in [0.4, 0.5) is 5.69 Å². The summed E-state index contributed by atoms with van der Waals surface area (Å²) >= 11 is 0. The van der Waals surface area contributed by atoms with E-state index < -0.39 is 18.0 Å². The zero-order valence-electron chi connectivity index (χ0n) is 23.0. The molecule has 1 heterocycles. The Balaban J connectivity index is 1.38. The van der Waals surface area contributed by atoms with Crippen LogP contribution in [-0.4, -0.2) is 49.5 Å². The molecule has 0 aliphatic carbocycles. The first kappa shape index (κ1) is 28.7. The maximum atomic E-state index is 12.5. The first-order chi connectivity index (χ1) is 19.5. The molecule has 0 radical (unpaired) electrons. The molecule has 210 valence electrons. The standard InChI is InChI=1S/C33H37NO6/c1-2-38-33(37)30-24-34(22-9-15-31(35)36)29-14-8-13-27(32(29)40-30)19-16-26-17-20-28(21-18-26)39-23-7-6-12-25-10-4-3-5-11-25/h3-5,8,10-11,13-14,16-21,30H,2,6-7,9,12,15,22-24H2,1H3,(H,35,36)/b19-16+. The smallest absolute Gasteiger partial charge is 0.349 e. The molecule has 3 aromatic carbocycles. The number of aryl methyl sites for hydroxylation is 1. The van der Waals surface area contributed by atoms with Crippen molar-refractivity contribution < 1.29 is 28.9 Å². The monoisotopic (exact) mass is 543 g/mol. The topological polar surface area (TPSA) is 85.3 Å². The Morgan fingerprint density at radius 1 is 0.975 bits per heavy atom. The number of carboxylic acids is 1. The van der Waals surface area contributed by atoms with Gasteiger partial charge >= 0.3 is 11.9 Å². The summed E-state index contributed by atoms with van der Waals surface area (Å²) in [5.74, 6) is 0.165. The summed E-state index contributed by atoms with van der Waals surface area (Å²) in [5.41, 5.74) is 4.02. The number of unbranched alkanes of at least 4 members (excludes halogenated alkanes) is 1. The molecule has 1 aliphatic heterocycles. The average molecular weight is 544 g/mol. The maximum absolute atomic E-state index is 12.5. The predicted molar refractivity (Wildman–Crippen MR) is 157 cm³/mol. The molecule has 3 aromatic rings. The van der Waals surface area contributed by atoms with Crippen molar-refractivity contribution in [3.05, 3.63) is 89.5 Å². The van der Waals surface area contributed by atoms with Crippen LogP contribution in [0.15, 0.2) is 72.8 Å². The van der Waals surface area contributed by atoms with Crippen molar-refractivity contribution >= 4 is 29.8 Å². The molecule has 0 aromatic heterocycles. The number of nitrogens with zero attached hydrogens (tertiary/aromatic N) is 1. The third-order valence-corrected chi connectivity index (χ3v) is 6.69. The summed E-state index contributed by atoms with van der Waals surface area (Å²) in [4.78, 5) is 25.6. The Morgan fingerprint density at radius 3 is 2.52 bits per heavy atom. The molecule has 1 aliphatic rings. The Morgan fingerprint density at radius 2 is 1.77 bits per heavy atom. The molecule has 1 N–H and O–H groups in total. The summed E-state index contributed by atoms with van der Waals surface area (Å²) < 4.78 is 17.3. The lowest BCUT2D eigenvalue weighted by Crippen LogP contribution is -2.45. The lowest BCUT2D eigenvalue weighted by Gasteiger charge is -2.36. The summed E-state index contributed by atoms with van der Waals surface area (Å²) in [6.45, 7) is 3.52. The minimum Gasteiger partial charge on any atom is -0.494 e. The normalized spacial score (nSPS) is 14.4. The Labute approximate surface area is 236 Å². The second kappa shape index (κ2) is 14.8. The van der Waals surface area contributed by atoms with Gasteiger partial charge in [0.2, 0.25) is 6.10 Å². The molecule has 1 unspecified atom stereocenters. The highest BCUT2D eigenvalue weighted by Gasteiger charge is 2.32. The van der Waals surface area contributed by atoms with Gasteiger partial charge in [-0.05, 0) is 61.9 Å². The van der Waals surface area contributed by atoms with Gasteiger partial charge in [-0.25, -0.2) is 4.79 Å². The molecule has 0 saturated heterocycles. The van der Waals surface area contributed by atoms with Crippen LogP contribution in [0.25, 0.3) is 12.2 Å². The first-order valence-electron chi connectivity index (χ1n) is 13.9. The number of esters is 1. The van der Waals surface area contributed by atoms with Crippen LogP contribution in [0.2, 0.25) is 0 Å². The van der Waals surface area contributed by atoms with E-state index in [1.807, 2.05) is 65.6 Å². The molecule has 7 nitrogen and oxygen atoms in total. The van der Waals surface area contributed by atoms with Gasteiger partial charge in [0.1, 0.15) is 5.75 Å². The van der Waals surface area contributed by atoms with Crippen molar-refractivity contribution in [2.45, 2.75) is 45.1 Å². The van der Waals surface area contributed by atoms with Crippen molar-refractivity contribution in [3.8, 4) is 11.5 Å². The van der Waals surface area contributed by atoms with E-state index in [4.69, 9.17) is 19.3 Å². The number of carbonyl (C=O) groups excluding carboxylic acids is 1. The Hall–Kier alpha value is -4.26. The lowest BCUT2D eigenvalue weighted by atomic mass is 10.1. The molecule has 0 bridgehead atoms. The van der Waals surface area contributed by atoms with Crippen molar-refractivity contribution in [1.82, 2.24) is 0 Å². The number of benzene rings is 3. The zero-order chi connectivity index (χ0) is 28.2. The molecular formula is C33H37NO6. The highest BCUT2D eigenvalue weighted by molar-refractivity contribution is 5.82. The van der Waals surface area contributed by atoms with Crippen molar-refractivity contribution in [3.63, 3.8) is 0 Å². The number of fused-ring (bicyclic) bond motifs is 1. The van der Waals surface area contributed by atoms with Crippen LogP contribution in [0.1, 0.15) is 49.3 Å². The largest absolute Gasteiger partial charge is 0.494 e. The summed E-state index contributed by atoms with van der Waals surface area (Å²) in [6, 6.07) is 24.2. The van der Waals surface area contributed by atoms with Crippen LogP contribution in [-0.2, 0) is 20.7 Å². The van der Waals surface area contributed by atoms with E-state index >= 15 is 0 Å². The van der Waals surface area contributed by atoms with E-state index in [2.05, 4.69) is 24.3 Å². The van der Waals surface area contributed by atoms with Gasteiger partial charge in [-0.2, -0.15) is 0 Å². The van der Waals surface area contributed by atoms with Crippen molar-refractivity contribution in [2.75, 3.05) is 31.2 Å². The van der Waals surface area contributed by atoms with E-state index in [9.17, 15) is 9.59 Å². The zero-order valence-corrected chi connectivity index (χ0v) is 23.0. The predicted octanol–water partition coefficient (Wildman–Crippen LogP) is 6.25. The fraction of sp³-hybridized carbons (Fsp3) is 0.333. The molecule has 7 heteroatoms. The molecule has 40 heavy (non-hydrogen) atoms. The number of aliphatic carboxylic acids is 1. The lowest BCUT2D eigenvalue weighted by molar-refractivity contribution is -0.151. The highest BCUT2D eigenvalue weighted by atomic mass is 16.6. The second-order valence-corrected chi connectivity index (χ2v) is 9.69. The van der Waals surface area contributed by atoms with E-state index in [0.717, 1.165) is 41.8 Å². The van der Waals surface area contributed by atoms with Gasteiger partial charge in [-0.15, -0.1) is 0 Å². The van der Waals surface area contributed by atoms with E-state index in [1.54, 1.807) is 6.92 Å². The van der Waals surface area contributed by atoms with Crippen LogP contribution in [0, 0.1) is 0 Å². The molecular weight excluding hydrogens is 506 g/mol. The highest BCUT2D eigenvalue weighted by Crippen LogP contribution is 2.38. The summed E-state index contributed by atoms with van der Waals surface area (Å²) in [5, 5.41) is 9.06. The van der Waals surface area contributed by atoms with Gasteiger partial charge in [-0.3, -0.25) is 4.79 Å². The number of hydrogen-bond donors (Lipinski definition) is 1. The molecule has 0 saturated carbocycles. The number of hydrogen-bond acceptors (Lipinski definition) is 6. The number of rotatable bonds is 14. The van der Waals surface area contributed by atoms with Gasteiger partial charge in [0, 0.05) is 18.5 Å². The van der Waals surface area contributed by atoms with E-state index in [0.29, 0.717) is 31.9 Å². The molecule has 1 atom stereocenters. The quantitative estimate of drug-likeness (QED) is 0.146. The summed E-state index contributed by atoms with van der Waals surface area (Å²) in [6.07, 6.45) is 6.83. The van der Waals surface area contributed by atoms with Crippen molar-refractivity contribution in [1.29, 1.82) is 0 Å². The second-order valence-electron chi connectivity index (χ2n) is 9.69. The number of carboxylic acid groups (broad SMARTS) is 1. The fourth-order valence-electron chi connectivity index (χ4n) is 4.65. The van der Waals surface area contributed by atoms with E-state index in [-0.39, 0.29) is 13.0 Å². The number of carbonyl (C=O) groups is 2. The van der Waals surface area contributed by atoms with Gasteiger partial charge in [0.25, 0.3) is 0 Å². The third kappa shape index (κ3) is 8.37. The molecule has 0 fully saturated rings. The van der Waals surface area contributed by atoms with Crippen molar-refractivity contribution in [2.24, 2.45) is 0 Å². The molecule has 0 amide bonds. The number of ether oxygens (including phenoxy) is 3. The van der Waals surface area contributed by atoms with Gasteiger partial charge in [0.05, 0.1) is 25.4 Å². The minimum absolute atomic E-state index is 0.0593. The van der Waals surface area contributed by atoms with E-state index in [1.165, 1.54) is 5.56 Å². The van der Waals surface area contributed by atoms with Crippen LogP contribution in [0.3, 0.4) is 0 Å². The molecule has 4 rings (SSSR count). The Bertz CT molecular complexity index is 1270. The summed E-state index contributed by atoms with van der Waals surface area (Å²) in [7, 11) is 0. The minimum atomic E-state index is -0.841. The third-order valence-electron chi connectivity index (χ3n) is 6.69. The average Bonchev–Trinajstić information content (AvgIpc) is 2.97. The molecule has 0 spiro atoms. The fourth-order valence-corrected chi connectivity index (χ4v) is 4.65. The van der Waals surface area contributed by atoms with Gasteiger partial charge in [-0.1, -0.05) is 66.7 Å². The number of anilines is 1. The van der Waals surface area contributed by atoms with Crippen LogP contribution >= 0.6 is 0 Å². The van der Waals surface area contributed by atoms with Crippen LogP contribution in [0.5, 0.6) is 11.5 Å². The van der Waals surface area contributed by atoms with Crippen LogP contribution < -0.4 is 14.4 Å². The Kier molecular flexibility index (Phi) is 10.6. The number of para-hydroxylation sites is 1. The van der Waals surface area contributed by atoms with Gasteiger partial charge in [0.15, 0.2) is 5.75 Å².